The molecule has 2 rings (SSSR count). The van der Waals surface area contributed by atoms with Gasteiger partial charge in [0.25, 0.3) is 0 Å². The molecule has 0 bridgehead atoms. The molecule has 2 heterocycles. The number of carbonyl (C=O) groups excluding carboxylic acids is 1. The van der Waals surface area contributed by atoms with Crippen molar-refractivity contribution >= 4 is 39.7 Å². The topological polar surface area (TPSA) is 69.7 Å². The first-order chi connectivity index (χ1) is 9.99. The van der Waals surface area contributed by atoms with E-state index in [2.05, 4.69) is 5.32 Å². The van der Waals surface area contributed by atoms with Crippen LogP contribution in [0.3, 0.4) is 0 Å². The normalized spacial score (nSPS) is 15.6. The van der Waals surface area contributed by atoms with Gasteiger partial charge in [-0.05, 0) is 17.9 Å². The number of rotatable bonds is 6. The number of sulfonamides is 1. The van der Waals surface area contributed by atoms with Gasteiger partial charge in [-0.3, -0.25) is 4.79 Å². The summed E-state index contributed by atoms with van der Waals surface area (Å²) < 4.78 is 25.6. The van der Waals surface area contributed by atoms with Crippen molar-refractivity contribution in [3.05, 3.63) is 22.4 Å². The van der Waals surface area contributed by atoms with Crippen molar-refractivity contribution in [3.8, 4) is 0 Å². The Morgan fingerprint density at radius 1 is 1.41 bits per heavy atom. The van der Waals surface area contributed by atoms with Crippen molar-refractivity contribution in [3.63, 3.8) is 0 Å². The summed E-state index contributed by atoms with van der Waals surface area (Å²) >= 11 is 1.55. The highest BCUT2D eigenvalue weighted by atomic mass is 35.5. The van der Waals surface area contributed by atoms with Gasteiger partial charge in [0.15, 0.2) is 0 Å². The molecule has 1 aromatic heterocycles. The zero-order chi connectivity index (χ0) is 15.3. The quantitative estimate of drug-likeness (QED) is 0.790. The molecule has 0 unspecified atom stereocenters. The number of amides is 1. The van der Waals surface area contributed by atoms with Crippen LogP contribution >= 0.6 is 23.7 Å². The Kier molecular flexibility index (Phi) is 7.78. The number of hydrogen-bond acceptors (Lipinski definition) is 5. The van der Waals surface area contributed by atoms with Gasteiger partial charge in [0, 0.05) is 38.1 Å². The van der Waals surface area contributed by atoms with Crippen LogP contribution in [0.1, 0.15) is 4.88 Å². The summed E-state index contributed by atoms with van der Waals surface area (Å²) in [5, 5.41) is 5.09. The van der Waals surface area contributed by atoms with Gasteiger partial charge in [-0.25, -0.2) is 8.42 Å². The summed E-state index contributed by atoms with van der Waals surface area (Å²) in [6.07, 6.45) is 0.492. The Hall–Kier alpha value is -0.670. The minimum Gasteiger partial charge on any atom is -0.339 e. The number of nitrogens with zero attached hydrogens (tertiary/aromatic N) is 2. The Labute approximate surface area is 141 Å². The zero-order valence-corrected chi connectivity index (χ0v) is 15.0. The third kappa shape index (κ3) is 5.51. The maximum atomic E-state index is 12.2. The van der Waals surface area contributed by atoms with Gasteiger partial charge in [0.05, 0.1) is 12.3 Å². The number of piperazine rings is 1. The number of thiophene rings is 1. The second-order valence-corrected chi connectivity index (χ2v) is 8.26. The molecule has 0 aliphatic carbocycles. The average Bonchev–Trinajstić information content (AvgIpc) is 2.99. The average molecular weight is 368 g/mol. The summed E-state index contributed by atoms with van der Waals surface area (Å²) in [5.74, 6) is -0.0857. The smallest absolute Gasteiger partial charge is 0.237 e. The minimum absolute atomic E-state index is 0. The van der Waals surface area contributed by atoms with Crippen LogP contribution in [0.5, 0.6) is 0 Å². The molecular weight excluding hydrogens is 346 g/mol. The summed E-state index contributed by atoms with van der Waals surface area (Å²) in [4.78, 5) is 14.8. The van der Waals surface area contributed by atoms with Crippen LogP contribution in [0.4, 0.5) is 0 Å². The third-order valence-corrected chi connectivity index (χ3v) is 6.22. The maximum Gasteiger partial charge on any atom is 0.237 e. The first-order valence-corrected chi connectivity index (χ1v) is 9.43. The maximum absolute atomic E-state index is 12.2. The molecular formula is C13H22ClN3O3S2. The minimum atomic E-state index is -3.39. The molecule has 126 valence electrons. The van der Waals surface area contributed by atoms with E-state index in [0.29, 0.717) is 19.5 Å². The number of halogens is 1. The first kappa shape index (κ1) is 19.4. The lowest BCUT2D eigenvalue weighted by atomic mass is 10.3. The highest BCUT2D eigenvalue weighted by Gasteiger charge is 2.24. The standard InChI is InChI=1S/C13H21N3O3S2.ClH/c1-15(11-13(17)16-7-5-14-6-8-16)21(18,19)10-4-12-3-2-9-20-12;/h2-3,9,14H,4-8,10-11H2,1H3;1H. The van der Waals surface area contributed by atoms with E-state index in [1.165, 1.54) is 11.4 Å². The number of carbonyl (C=O) groups is 1. The van der Waals surface area contributed by atoms with E-state index in [4.69, 9.17) is 0 Å². The monoisotopic (exact) mass is 367 g/mol. The van der Waals surface area contributed by atoms with E-state index in [1.807, 2.05) is 17.5 Å². The second kappa shape index (κ2) is 8.83. The van der Waals surface area contributed by atoms with Crippen molar-refractivity contribution in [2.24, 2.45) is 0 Å². The van der Waals surface area contributed by atoms with Crippen LogP contribution < -0.4 is 5.32 Å². The highest BCUT2D eigenvalue weighted by Crippen LogP contribution is 2.11. The molecule has 1 N–H and O–H groups in total. The van der Waals surface area contributed by atoms with E-state index < -0.39 is 10.0 Å². The molecule has 6 nitrogen and oxygen atoms in total. The molecule has 0 aromatic carbocycles. The summed E-state index contributed by atoms with van der Waals surface area (Å²) in [5.41, 5.74) is 0. The van der Waals surface area contributed by atoms with Gasteiger partial charge >= 0.3 is 0 Å². The van der Waals surface area contributed by atoms with Crippen molar-refractivity contribution < 1.29 is 13.2 Å². The summed E-state index contributed by atoms with van der Waals surface area (Å²) in [6, 6.07) is 3.83. The molecule has 1 aromatic rings. The van der Waals surface area contributed by atoms with E-state index in [1.54, 1.807) is 16.2 Å². The fraction of sp³-hybridized carbons (Fsp3) is 0.615. The van der Waals surface area contributed by atoms with Gasteiger partial charge in [0.1, 0.15) is 0 Å². The van der Waals surface area contributed by atoms with Gasteiger partial charge < -0.3 is 10.2 Å². The van der Waals surface area contributed by atoms with Crippen LogP contribution in [0.2, 0.25) is 0 Å². The Morgan fingerprint density at radius 2 is 2.09 bits per heavy atom. The van der Waals surface area contributed by atoms with Gasteiger partial charge in [0.2, 0.25) is 15.9 Å². The fourth-order valence-corrected chi connectivity index (χ4v) is 4.08. The first-order valence-electron chi connectivity index (χ1n) is 6.94. The lowest BCUT2D eigenvalue weighted by Crippen LogP contribution is -2.50. The third-order valence-electron chi connectivity index (χ3n) is 3.49. The van der Waals surface area contributed by atoms with E-state index in [9.17, 15) is 13.2 Å². The molecule has 0 radical (unpaired) electrons. The Balaban J connectivity index is 0.00000242. The number of hydrogen-bond donors (Lipinski definition) is 1. The number of likely N-dealkylation sites (N-methyl/N-ethyl adjacent to an activating group) is 1. The largest absolute Gasteiger partial charge is 0.339 e. The molecule has 1 saturated heterocycles. The lowest BCUT2D eigenvalue weighted by molar-refractivity contribution is -0.131. The summed E-state index contributed by atoms with van der Waals surface area (Å²) in [7, 11) is -1.92. The molecule has 0 saturated carbocycles. The SMILES string of the molecule is CN(CC(=O)N1CCNCC1)S(=O)(=O)CCc1cccs1.Cl. The molecule has 1 aliphatic rings. The van der Waals surface area contributed by atoms with Crippen molar-refractivity contribution in [2.45, 2.75) is 6.42 Å². The van der Waals surface area contributed by atoms with Crippen LogP contribution in [0, 0.1) is 0 Å². The highest BCUT2D eigenvalue weighted by molar-refractivity contribution is 7.89. The van der Waals surface area contributed by atoms with Gasteiger partial charge in [-0.1, -0.05) is 6.07 Å². The van der Waals surface area contributed by atoms with Crippen molar-refractivity contribution in [2.75, 3.05) is 45.5 Å². The fourth-order valence-electron chi connectivity index (χ4n) is 2.14. The van der Waals surface area contributed by atoms with E-state index in [-0.39, 0.29) is 30.6 Å². The van der Waals surface area contributed by atoms with Crippen molar-refractivity contribution in [1.29, 1.82) is 0 Å². The second-order valence-electron chi connectivity index (χ2n) is 5.03. The lowest BCUT2D eigenvalue weighted by Gasteiger charge is -2.29. The predicted molar refractivity (Wildman–Crippen MR) is 91.1 cm³/mol. The van der Waals surface area contributed by atoms with Crippen LogP contribution in [-0.4, -0.2) is 69.1 Å². The molecule has 0 spiro atoms. The van der Waals surface area contributed by atoms with E-state index >= 15 is 0 Å². The molecule has 1 aliphatic heterocycles. The Bertz CT molecular complexity index is 557. The van der Waals surface area contributed by atoms with E-state index in [0.717, 1.165) is 18.0 Å². The molecule has 0 atom stereocenters. The van der Waals surface area contributed by atoms with Crippen molar-refractivity contribution in [1.82, 2.24) is 14.5 Å². The van der Waals surface area contributed by atoms with Gasteiger partial charge in [-0.2, -0.15) is 4.31 Å². The number of nitrogens with one attached hydrogen (secondary N) is 1. The predicted octanol–water partition coefficient (Wildman–Crippen LogP) is 0.406. The van der Waals surface area contributed by atoms with Crippen LogP contribution in [0.15, 0.2) is 17.5 Å². The van der Waals surface area contributed by atoms with Crippen LogP contribution in [-0.2, 0) is 21.2 Å². The molecule has 22 heavy (non-hydrogen) atoms. The number of aryl methyl sites for hydroxylation is 1. The van der Waals surface area contributed by atoms with Gasteiger partial charge in [-0.15, -0.1) is 23.7 Å². The molecule has 1 fully saturated rings. The molecule has 9 heteroatoms. The summed E-state index contributed by atoms with van der Waals surface area (Å²) in [6.45, 7) is 2.73. The molecule has 1 amide bonds. The van der Waals surface area contributed by atoms with Crippen LogP contribution in [0.25, 0.3) is 0 Å². The Morgan fingerprint density at radius 3 is 2.68 bits per heavy atom. The zero-order valence-electron chi connectivity index (χ0n) is 12.5.